The van der Waals surface area contributed by atoms with Gasteiger partial charge in [0.15, 0.2) is 0 Å². The van der Waals surface area contributed by atoms with E-state index in [-0.39, 0.29) is 18.6 Å². The summed E-state index contributed by atoms with van der Waals surface area (Å²) in [4.78, 5) is 17.6. The van der Waals surface area contributed by atoms with E-state index in [0.29, 0.717) is 25.5 Å². The molecule has 0 radical (unpaired) electrons. The third-order valence-electron chi connectivity index (χ3n) is 2.97. The zero-order valence-corrected chi connectivity index (χ0v) is 10.3. The van der Waals surface area contributed by atoms with E-state index in [4.69, 9.17) is 4.74 Å². The van der Waals surface area contributed by atoms with Gasteiger partial charge in [-0.3, -0.25) is 9.78 Å². The fourth-order valence-corrected chi connectivity index (χ4v) is 2.00. The number of morpholine rings is 1. The number of rotatable bonds is 3. The first-order valence-corrected chi connectivity index (χ1v) is 5.89. The predicted octanol–water partition coefficient (Wildman–Crippen LogP) is -0.361. The number of pyridine rings is 1. The molecule has 0 bridgehead atoms. The Hall–Kier alpha value is -1.66. The van der Waals surface area contributed by atoms with Crippen molar-refractivity contribution in [3.05, 3.63) is 24.0 Å². The Morgan fingerprint density at radius 3 is 3.28 bits per heavy atom. The molecule has 6 nitrogen and oxygen atoms in total. The number of hydrogen-bond donors (Lipinski definition) is 2. The van der Waals surface area contributed by atoms with E-state index >= 15 is 0 Å². The van der Waals surface area contributed by atoms with Crippen LogP contribution in [0.15, 0.2) is 18.3 Å². The lowest BCUT2D eigenvalue weighted by molar-refractivity contribution is 0.0727. The number of ether oxygens (including phenoxy) is 1. The number of amides is 1. The number of nitrogens with one attached hydrogen (secondary N) is 1. The minimum absolute atomic E-state index is 0.0254. The molecule has 0 spiro atoms. The molecule has 1 aliphatic heterocycles. The Morgan fingerprint density at radius 1 is 1.72 bits per heavy atom. The summed E-state index contributed by atoms with van der Waals surface area (Å²) in [6, 6.07) is 3.49. The van der Waals surface area contributed by atoms with Crippen LogP contribution in [0.25, 0.3) is 0 Å². The van der Waals surface area contributed by atoms with Crippen molar-refractivity contribution in [1.29, 1.82) is 0 Å². The summed E-state index contributed by atoms with van der Waals surface area (Å²) in [5.41, 5.74) is 1.25. The minimum Gasteiger partial charge on any atom is -0.394 e. The van der Waals surface area contributed by atoms with E-state index in [1.807, 2.05) is 11.0 Å². The number of aliphatic hydroxyl groups is 1. The topological polar surface area (TPSA) is 74.7 Å². The zero-order chi connectivity index (χ0) is 13.0. The van der Waals surface area contributed by atoms with Crippen molar-refractivity contribution in [2.45, 2.75) is 6.04 Å². The van der Waals surface area contributed by atoms with Crippen LogP contribution in [0.3, 0.4) is 0 Å². The number of nitrogens with zero attached hydrogens (tertiary/aromatic N) is 2. The van der Waals surface area contributed by atoms with Crippen molar-refractivity contribution in [3.63, 3.8) is 0 Å². The second-order valence-electron chi connectivity index (χ2n) is 4.08. The molecule has 1 amide bonds. The lowest BCUT2D eigenvalue weighted by atomic mass is 10.2. The summed E-state index contributed by atoms with van der Waals surface area (Å²) in [6.45, 7) is 1.84. The van der Waals surface area contributed by atoms with Crippen molar-refractivity contribution in [2.24, 2.45) is 0 Å². The normalized spacial score (nSPS) is 19.7. The largest absolute Gasteiger partial charge is 0.394 e. The molecule has 2 rings (SSSR count). The van der Waals surface area contributed by atoms with Gasteiger partial charge in [-0.05, 0) is 12.1 Å². The van der Waals surface area contributed by atoms with Gasteiger partial charge >= 0.3 is 0 Å². The van der Waals surface area contributed by atoms with Crippen LogP contribution in [0, 0.1) is 0 Å². The molecule has 1 saturated heterocycles. The first-order valence-electron chi connectivity index (χ1n) is 5.89. The highest BCUT2D eigenvalue weighted by Crippen LogP contribution is 2.19. The standard InChI is InChI=1S/C12H17N3O3/c1-13-12(17)11-6-9(2-3-14-11)15-4-5-18-8-10(15)7-16/h2-3,6,10,16H,4-5,7-8H2,1H3,(H,13,17). The molecular weight excluding hydrogens is 234 g/mol. The van der Waals surface area contributed by atoms with E-state index in [1.165, 1.54) is 0 Å². The molecule has 98 valence electrons. The minimum atomic E-state index is -0.217. The van der Waals surface area contributed by atoms with Crippen LogP contribution < -0.4 is 10.2 Å². The summed E-state index contributed by atoms with van der Waals surface area (Å²) >= 11 is 0. The van der Waals surface area contributed by atoms with Gasteiger partial charge in [0.2, 0.25) is 0 Å². The van der Waals surface area contributed by atoms with Crippen LogP contribution in [0.1, 0.15) is 10.5 Å². The van der Waals surface area contributed by atoms with Gasteiger partial charge in [-0.25, -0.2) is 0 Å². The number of aromatic nitrogens is 1. The maximum Gasteiger partial charge on any atom is 0.269 e. The van der Waals surface area contributed by atoms with E-state index in [0.717, 1.165) is 5.69 Å². The molecule has 0 saturated carbocycles. The number of aliphatic hydroxyl groups excluding tert-OH is 1. The maximum absolute atomic E-state index is 11.5. The van der Waals surface area contributed by atoms with Crippen molar-refractivity contribution < 1.29 is 14.6 Å². The van der Waals surface area contributed by atoms with Crippen molar-refractivity contribution in [1.82, 2.24) is 10.3 Å². The molecule has 1 aliphatic rings. The summed E-state index contributed by atoms with van der Waals surface area (Å²) in [5.74, 6) is -0.217. The molecule has 18 heavy (non-hydrogen) atoms. The highest BCUT2D eigenvalue weighted by molar-refractivity contribution is 5.92. The van der Waals surface area contributed by atoms with Crippen LogP contribution >= 0.6 is 0 Å². The first-order chi connectivity index (χ1) is 8.76. The van der Waals surface area contributed by atoms with Crippen molar-refractivity contribution in [3.8, 4) is 0 Å². The van der Waals surface area contributed by atoms with Crippen LogP contribution in [-0.4, -0.2) is 55.5 Å². The van der Waals surface area contributed by atoms with Gasteiger partial charge in [0.1, 0.15) is 5.69 Å². The summed E-state index contributed by atoms with van der Waals surface area (Å²) in [5, 5.41) is 11.9. The average Bonchev–Trinajstić information content (AvgIpc) is 2.46. The predicted molar refractivity (Wildman–Crippen MR) is 66.7 cm³/mol. The molecule has 1 atom stereocenters. The molecule has 1 unspecified atom stereocenters. The van der Waals surface area contributed by atoms with Gasteiger partial charge in [-0.2, -0.15) is 0 Å². The van der Waals surface area contributed by atoms with Gasteiger partial charge in [-0.1, -0.05) is 0 Å². The van der Waals surface area contributed by atoms with Crippen LogP contribution in [0.4, 0.5) is 5.69 Å². The number of anilines is 1. The number of carbonyl (C=O) groups is 1. The Kier molecular flexibility index (Phi) is 4.11. The fraction of sp³-hybridized carbons (Fsp3) is 0.500. The quantitative estimate of drug-likeness (QED) is 0.767. The molecule has 6 heteroatoms. The van der Waals surface area contributed by atoms with Crippen LogP contribution in [0.2, 0.25) is 0 Å². The molecule has 1 fully saturated rings. The van der Waals surface area contributed by atoms with E-state index < -0.39 is 0 Å². The third-order valence-corrected chi connectivity index (χ3v) is 2.97. The first kappa shape index (κ1) is 12.8. The Labute approximate surface area is 106 Å². The van der Waals surface area contributed by atoms with Crippen LogP contribution in [-0.2, 0) is 4.74 Å². The summed E-state index contributed by atoms with van der Waals surface area (Å²) in [6.07, 6.45) is 1.60. The SMILES string of the molecule is CNC(=O)c1cc(N2CCOCC2CO)ccn1. The van der Waals surface area contributed by atoms with Gasteiger partial charge < -0.3 is 20.1 Å². The molecule has 0 aromatic carbocycles. The number of hydrogen-bond acceptors (Lipinski definition) is 5. The van der Waals surface area contributed by atoms with E-state index in [2.05, 4.69) is 10.3 Å². The van der Waals surface area contributed by atoms with E-state index in [9.17, 15) is 9.90 Å². The second kappa shape index (κ2) is 5.79. The van der Waals surface area contributed by atoms with Gasteiger partial charge in [-0.15, -0.1) is 0 Å². The van der Waals surface area contributed by atoms with Gasteiger partial charge in [0.25, 0.3) is 5.91 Å². The Bertz CT molecular complexity index is 425. The highest BCUT2D eigenvalue weighted by Gasteiger charge is 2.23. The maximum atomic E-state index is 11.5. The smallest absolute Gasteiger partial charge is 0.269 e. The van der Waals surface area contributed by atoms with Crippen LogP contribution in [0.5, 0.6) is 0 Å². The molecule has 2 N–H and O–H groups in total. The lowest BCUT2D eigenvalue weighted by Gasteiger charge is -2.36. The van der Waals surface area contributed by atoms with Gasteiger partial charge in [0, 0.05) is 25.5 Å². The Balaban J connectivity index is 2.23. The van der Waals surface area contributed by atoms with E-state index in [1.54, 1.807) is 19.3 Å². The van der Waals surface area contributed by atoms with Crippen molar-refractivity contribution >= 4 is 11.6 Å². The molecule has 0 aliphatic carbocycles. The molecule has 1 aromatic heterocycles. The second-order valence-corrected chi connectivity index (χ2v) is 4.08. The highest BCUT2D eigenvalue weighted by atomic mass is 16.5. The summed E-state index contributed by atoms with van der Waals surface area (Å²) in [7, 11) is 1.57. The Morgan fingerprint density at radius 2 is 2.56 bits per heavy atom. The van der Waals surface area contributed by atoms with Crippen molar-refractivity contribution in [2.75, 3.05) is 38.3 Å². The zero-order valence-electron chi connectivity index (χ0n) is 10.3. The summed E-state index contributed by atoms with van der Waals surface area (Å²) < 4.78 is 5.33. The van der Waals surface area contributed by atoms with Gasteiger partial charge in [0.05, 0.1) is 25.9 Å². The lowest BCUT2D eigenvalue weighted by Crippen LogP contribution is -2.47. The molecular formula is C12H17N3O3. The molecule has 1 aromatic rings. The fourth-order valence-electron chi connectivity index (χ4n) is 2.00. The monoisotopic (exact) mass is 251 g/mol. The molecule has 2 heterocycles. The third kappa shape index (κ3) is 2.60. The number of carbonyl (C=O) groups excluding carboxylic acids is 1. The average molecular weight is 251 g/mol.